The van der Waals surface area contributed by atoms with Crippen molar-refractivity contribution in [2.45, 2.75) is 56.5 Å². The summed E-state index contributed by atoms with van der Waals surface area (Å²) in [6.07, 6.45) is 4.02. The average Bonchev–Trinajstić information content (AvgIpc) is 3.62. The molecule has 2 saturated heterocycles. The monoisotopic (exact) mass is 716 g/mol. The molecule has 270 valence electrons. The predicted molar refractivity (Wildman–Crippen MR) is 185 cm³/mol. The summed E-state index contributed by atoms with van der Waals surface area (Å²) in [7, 11) is 0.237. The van der Waals surface area contributed by atoms with E-state index in [2.05, 4.69) is 9.98 Å². The zero-order valence-corrected chi connectivity index (χ0v) is 29.2. The van der Waals surface area contributed by atoms with Gasteiger partial charge in [0.25, 0.3) is 11.8 Å². The number of fused-ring (bicyclic) bond motifs is 4. The van der Waals surface area contributed by atoms with Gasteiger partial charge in [-0.05, 0) is 31.4 Å². The van der Waals surface area contributed by atoms with E-state index in [1.807, 2.05) is 0 Å². The third-order valence-corrected chi connectivity index (χ3v) is 13.0. The minimum atomic E-state index is -2.70. The number of alkyl halides is 2. The van der Waals surface area contributed by atoms with E-state index in [0.29, 0.717) is 83.2 Å². The zero-order chi connectivity index (χ0) is 35.4. The van der Waals surface area contributed by atoms with Crippen LogP contribution in [0.3, 0.4) is 0 Å². The highest BCUT2D eigenvalue weighted by atomic mass is 31.2. The number of methoxy groups -OCH3 is 2. The van der Waals surface area contributed by atoms with Gasteiger partial charge >= 0.3 is 0 Å². The number of rotatable bonds is 15. The third kappa shape index (κ3) is 7.66. The molecule has 2 amide bonds. The van der Waals surface area contributed by atoms with Crippen molar-refractivity contribution in [1.29, 1.82) is 0 Å². The molecule has 12 nitrogen and oxygen atoms in total. The number of ether oxygens (including phenoxy) is 4. The van der Waals surface area contributed by atoms with Crippen molar-refractivity contribution in [2.24, 2.45) is 9.98 Å². The smallest absolute Gasteiger partial charge is 0.256 e. The molecule has 0 radical (unpaired) electrons. The summed E-state index contributed by atoms with van der Waals surface area (Å²) in [6.45, 7) is 0.463. The minimum Gasteiger partial charge on any atom is -0.493 e. The lowest BCUT2D eigenvalue weighted by molar-refractivity contribution is 0.0758. The largest absolute Gasteiger partial charge is 0.493 e. The molecule has 50 heavy (non-hydrogen) atoms. The van der Waals surface area contributed by atoms with Gasteiger partial charge in [-0.1, -0.05) is 0 Å². The number of hydrogen-bond acceptors (Lipinski definition) is 10. The highest BCUT2D eigenvalue weighted by Gasteiger charge is 2.39. The Morgan fingerprint density at radius 2 is 1.18 bits per heavy atom. The van der Waals surface area contributed by atoms with Crippen LogP contribution in [0.2, 0.25) is 0 Å². The molecule has 15 heteroatoms. The van der Waals surface area contributed by atoms with Gasteiger partial charge in [-0.2, -0.15) is 0 Å². The van der Waals surface area contributed by atoms with Gasteiger partial charge in [0, 0.05) is 62.5 Å². The molecule has 2 aromatic carbocycles. The van der Waals surface area contributed by atoms with E-state index in [1.54, 1.807) is 36.7 Å². The number of hydrogen-bond donors (Lipinski definition) is 1. The molecule has 1 N–H and O–H groups in total. The van der Waals surface area contributed by atoms with Crippen LogP contribution in [0.25, 0.3) is 0 Å². The highest BCUT2D eigenvalue weighted by Crippen LogP contribution is 2.48. The van der Waals surface area contributed by atoms with E-state index >= 15 is 0 Å². The molecule has 2 unspecified atom stereocenters. The van der Waals surface area contributed by atoms with Crippen LogP contribution in [0.1, 0.15) is 52.8 Å². The van der Waals surface area contributed by atoms with E-state index < -0.39 is 31.6 Å². The van der Waals surface area contributed by atoms with Crippen LogP contribution >= 0.6 is 7.14 Å². The number of benzene rings is 2. The van der Waals surface area contributed by atoms with Crippen molar-refractivity contribution in [2.75, 3.05) is 65.6 Å². The number of nitrogens with zero attached hydrogens (tertiary/aromatic N) is 4. The Morgan fingerprint density at radius 3 is 1.60 bits per heavy atom. The number of aliphatic imine (C=N–C) groups is 2. The van der Waals surface area contributed by atoms with Gasteiger partial charge in [0.05, 0.1) is 82.3 Å². The molecule has 0 saturated carbocycles. The SMILES string of the molecule is COc1cc2c(cc1OCCCP(=O)(CCCO)CCCOc1cc3c(cc1OC)C(=O)N1CC(F)C[C@H]1C=N3)N=C[C@@H]1CC(F)CN1C2=O. The normalized spacial score (nSPS) is 23.4. The van der Waals surface area contributed by atoms with Crippen molar-refractivity contribution >= 4 is 42.8 Å². The second kappa shape index (κ2) is 15.5. The van der Waals surface area contributed by atoms with Crippen molar-refractivity contribution in [3.05, 3.63) is 35.4 Å². The number of aliphatic hydroxyl groups is 1. The lowest BCUT2D eigenvalue weighted by atomic mass is 10.1. The van der Waals surface area contributed by atoms with Gasteiger partial charge in [0.15, 0.2) is 23.0 Å². The molecular weight excluding hydrogens is 673 g/mol. The molecule has 0 aromatic heterocycles. The maximum absolute atomic E-state index is 14.0. The molecule has 2 fully saturated rings. The fraction of sp³-hybridized carbons (Fsp3) is 0.543. The van der Waals surface area contributed by atoms with E-state index in [1.165, 1.54) is 24.0 Å². The van der Waals surface area contributed by atoms with Gasteiger partial charge in [0.2, 0.25) is 0 Å². The zero-order valence-electron chi connectivity index (χ0n) is 28.3. The van der Waals surface area contributed by atoms with Gasteiger partial charge in [-0.25, -0.2) is 8.78 Å². The van der Waals surface area contributed by atoms with Crippen LogP contribution < -0.4 is 18.9 Å². The van der Waals surface area contributed by atoms with Gasteiger partial charge < -0.3 is 38.4 Å². The average molecular weight is 717 g/mol. The second-order valence-corrected chi connectivity index (χ2v) is 16.5. The summed E-state index contributed by atoms with van der Waals surface area (Å²) in [4.78, 5) is 38.2. The fourth-order valence-electron chi connectivity index (χ4n) is 6.98. The Balaban J connectivity index is 1.04. The van der Waals surface area contributed by atoms with Gasteiger partial charge in [-0.3, -0.25) is 19.6 Å². The maximum atomic E-state index is 14.0. The summed E-state index contributed by atoms with van der Waals surface area (Å²) < 4.78 is 65.0. The standard InChI is InChI=1S/C35H43F2N4O8P/c1-46-30-14-26-28(38-18-24-12-22(36)20-40(24)34(26)43)16-32(30)48-7-4-10-50(45,9-3-6-42)11-5-8-49-33-17-29-27(15-31(33)47-2)35(44)41-21-23(37)13-25(41)19-39-29/h14-19,22-25,42H,3-13,20-21H2,1-2H3/t22?,23?,24-,25-,50?/m0/s1. The van der Waals surface area contributed by atoms with Crippen LogP contribution in [0.4, 0.5) is 20.2 Å². The third-order valence-electron chi connectivity index (χ3n) is 9.56. The van der Waals surface area contributed by atoms with Gasteiger partial charge in [0.1, 0.15) is 12.3 Å². The van der Waals surface area contributed by atoms with Gasteiger partial charge in [-0.15, -0.1) is 0 Å². The maximum Gasteiger partial charge on any atom is 0.256 e. The summed E-state index contributed by atoms with van der Waals surface area (Å²) in [5.41, 5.74) is 1.48. The molecule has 4 atom stereocenters. The van der Waals surface area contributed by atoms with Crippen LogP contribution in [-0.2, 0) is 4.57 Å². The van der Waals surface area contributed by atoms with Crippen LogP contribution in [-0.4, -0.2) is 129 Å². The summed E-state index contributed by atoms with van der Waals surface area (Å²) >= 11 is 0. The molecule has 0 spiro atoms. The van der Waals surface area contributed by atoms with E-state index in [-0.39, 0.29) is 57.6 Å². The summed E-state index contributed by atoms with van der Waals surface area (Å²) in [6, 6.07) is 5.62. The first-order valence-corrected chi connectivity index (χ1v) is 19.3. The number of carbonyl (C=O) groups is 2. The molecule has 6 rings (SSSR count). The lowest BCUT2D eigenvalue weighted by Crippen LogP contribution is -2.35. The summed E-state index contributed by atoms with van der Waals surface area (Å²) in [5.74, 6) is 0.881. The minimum absolute atomic E-state index is 0.0283. The Hall–Kier alpha value is -4.03. The highest BCUT2D eigenvalue weighted by molar-refractivity contribution is 7.63. The van der Waals surface area contributed by atoms with Crippen molar-refractivity contribution in [3.63, 3.8) is 0 Å². The summed E-state index contributed by atoms with van der Waals surface area (Å²) in [5, 5.41) is 9.47. The predicted octanol–water partition coefficient (Wildman–Crippen LogP) is 5.22. The molecule has 4 aliphatic heterocycles. The molecular formula is C35H43F2N4O8P. The van der Waals surface area contributed by atoms with Crippen molar-refractivity contribution < 1.29 is 47.0 Å². The first-order valence-electron chi connectivity index (χ1n) is 17.0. The molecule has 0 aliphatic carbocycles. The Morgan fingerprint density at radius 1 is 0.740 bits per heavy atom. The first-order chi connectivity index (χ1) is 24.1. The van der Waals surface area contributed by atoms with Crippen LogP contribution in [0.15, 0.2) is 34.3 Å². The number of halogens is 2. The van der Waals surface area contributed by atoms with Crippen LogP contribution in [0, 0.1) is 0 Å². The Bertz CT molecular complexity index is 1590. The van der Waals surface area contributed by atoms with E-state index in [9.17, 15) is 28.0 Å². The van der Waals surface area contributed by atoms with Crippen molar-refractivity contribution in [3.8, 4) is 23.0 Å². The van der Waals surface area contributed by atoms with Crippen LogP contribution in [0.5, 0.6) is 23.0 Å². The number of carbonyl (C=O) groups excluding carboxylic acids is 2. The lowest BCUT2D eigenvalue weighted by Gasteiger charge is -2.21. The van der Waals surface area contributed by atoms with E-state index in [0.717, 1.165) is 0 Å². The first kappa shape index (κ1) is 35.8. The molecule has 4 heterocycles. The molecule has 0 bridgehead atoms. The number of aliphatic hydroxyl groups excluding tert-OH is 1. The molecule has 2 aromatic rings. The quantitative estimate of drug-likeness (QED) is 0.196. The molecule has 4 aliphatic rings. The van der Waals surface area contributed by atoms with E-state index in [4.69, 9.17) is 18.9 Å². The Kier molecular flexibility index (Phi) is 11.1. The topological polar surface area (TPSA) is 140 Å². The van der Waals surface area contributed by atoms with Crippen molar-refractivity contribution in [1.82, 2.24) is 9.80 Å². The fourth-order valence-corrected chi connectivity index (χ4v) is 9.78. The second-order valence-electron chi connectivity index (χ2n) is 13.0. The Labute approximate surface area is 289 Å². The number of amides is 2.